The maximum absolute atomic E-state index is 13.9. The average Bonchev–Trinajstić information content (AvgIpc) is 2.98. The Hall–Kier alpha value is -1.67. The molecular weight excluding hydrogens is 335 g/mol. The zero-order valence-electron chi connectivity index (χ0n) is 13.8. The summed E-state index contributed by atoms with van der Waals surface area (Å²) in [7, 11) is -0.765. The second-order valence-electron chi connectivity index (χ2n) is 6.50. The lowest BCUT2D eigenvalue weighted by molar-refractivity contribution is -0.143. The quantitative estimate of drug-likeness (QED) is 0.823. The van der Waals surface area contributed by atoms with Gasteiger partial charge in [0.2, 0.25) is 15.9 Å². The van der Waals surface area contributed by atoms with Crippen LogP contribution in [0.25, 0.3) is 0 Å². The standard InChI is InChI=1S/C16H21FN2O4S/c1-18-8-3-6-16(15(18)20)7-9-19(11-16)24(21,22)12-4-5-14(23-2)13(17)10-12/h4-5,10H,3,6-9,11H2,1-2H3. The van der Waals surface area contributed by atoms with Gasteiger partial charge in [-0.2, -0.15) is 4.31 Å². The van der Waals surface area contributed by atoms with Gasteiger partial charge in [0, 0.05) is 26.7 Å². The first-order valence-electron chi connectivity index (χ1n) is 7.89. The lowest BCUT2D eigenvalue weighted by atomic mass is 9.78. The van der Waals surface area contributed by atoms with Crippen molar-refractivity contribution in [3.63, 3.8) is 0 Å². The molecule has 1 atom stereocenters. The molecule has 1 aromatic rings. The van der Waals surface area contributed by atoms with E-state index in [0.717, 1.165) is 12.5 Å². The summed E-state index contributed by atoms with van der Waals surface area (Å²) in [6.07, 6.45) is 2.07. The zero-order chi connectivity index (χ0) is 17.5. The molecule has 0 saturated carbocycles. The number of ether oxygens (including phenoxy) is 1. The molecule has 0 aliphatic carbocycles. The molecule has 0 N–H and O–H groups in total. The molecule has 3 rings (SSSR count). The number of carbonyl (C=O) groups excluding carboxylic acids is 1. The highest BCUT2D eigenvalue weighted by molar-refractivity contribution is 7.89. The van der Waals surface area contributed by atoms with Crippen molar-refractivity contribution in [1.29, 1.82) is 0 Å². The molecule has 132 valence electrons. The zero-order valence-corrected chi connectivity index (χ0v) is 14.6. The van der Waals surface area contributed by atoms with Crippen molar-refractivity contribution in [3.05, 3.63) is 24.0 Å². The number of piperidine rings is 1. The summed E-state index contributed by atoms with van der Waals surface area (Å²) in [4.78, 5) is 14.1. The third-order valence-electron chi connectivity index (χ3n) is 5.03. The summed E-state index contributed by atoms with van der Waals surface area (Å²) in [6, 6.07) is 3.60. The van der Waals surface area contributed by atoms with Gasteiger partial charge in [0.05, 0.1) is 17.4 Å². The van der Waals surface area contributed by atoms with Crippen LogP contribution >= 0.6 is 0 Å². The summed E-state index contributed by atoms with van der Waals surface area (Å²) in [6.45, 7) is 1.14. The van der Waals surface area contributed by atoms with E-state index < -0.39 is 21.3 Å². The molecule has 24 heavy (non-hydrogen) atoms. The Balaban J connectivity index is 1.87. The van der Waals surface area contributed by atoms with Crippen LogP contribution in [0.15, 0.2) is 23.1 Å². The molecule has 6 nitrogen and oxygen atoms in total. The molecule has 1 spiro atoms. The van der Waals surface area contributed by atoms with E-state index in [9.17, 15) is 17.6 Å². The lowest BCUT2D eigenvalue weighted by Crippen LogP contribution is -2.48. The highest BCUT2D eigenvalue weighted by atomic mass is 32.2. The van der Waals surface area contributed by atoms with Crippen molar-refractivity contribution in [2.45, 2.75) is 24.2 Å². The fourth-order valence-corrected chi connectivity index (χ4v) is 5.18. The number of benzene rings is 1. The molecule has 0 radical (unpaired) electrons. The van der Waals surface area contributed by atoms with Gasteiger partial charge in [0.25, 0.3) is 0 Å². The maximum atomic E-state index is 13.9. The van der Waals surface area contributed by atoms with Crippen molar-refractivity contribution in [2.75, 3.05) is 33.8 Å². The number of hydrogen-bond donors (Lipinski definition) is 0. The molecule has 1 aromatic carbocycles. The van der Waals surface area contributed by atoms with E-state index in [-0.39, 0.29) is 29.6 Å². The molecule has 2 heterocycles. The van der Waals surface area contributed by atoms with Gasteiger partial charge in [-0.1, -0.05) is 0 Å². The van der Waals surface area contributed by atoms with Crippen molar-refractivity contribution >= 4 is 15.9 Å². The summed E-state index contributed by atoms with van der Waals surface area (Å²) in [5, 5.41) is 0. The molecule has 1 unspecified atom stereocenters. The lowest BCUT2D eigenvalue weighted by Gasteiger charge is -2.37. The van der Waals surface area contributed by atoms with E-state index in [4.69, 9.17) is 4.74 Å². The third-order valence-corrected chi connectivity index (χ3v) is 6.87. The van der Waals surface area contributed by atoms with Crippen LogP contribution in [0.1, 0.15) is 19.3 Å². The van der Waals surface area contributed by atoms with E-state index in [1.165, 1.54) is 23.5 Å². The van der Waals surface area contributed by atoms with Crippen molar-refractivity contribution in [2.24, 2.45) is 5.41 Å². The van der Waals surface area contributed by atoms with Gasteiger partial charge in [-0.25, -0.2) is 12.8 Å². The molecule has 0 aromatic heterocycles. The molecule has 8 heteroatoms. The SMILES string of the molecule is COc1ccc(S(=O)(=O)N2CCC3(CCCN(C)C3=O)C2)cc1F. The van der Waals surface area contributed by atoms with Gasteiger partial charge in [-0.05, 0) is 37.5 Å². The summed E-state index contributed by atoms with van der Waals surface area (Å²) in [5.41, 5.74) is -0.634. The van der Waals surface area contributed by atoms with Crippen LogP contribution in [0.4, 0.5) is 4.39 Å². The number of rotatable bonds is 3. The fraction of sp³-hybridized carbons (Fsp3) is 0.562. The first-order valence-corrected chi connectivity index (χ1v) is 9.33. The minimum Gasteiger partial charge on any atom is -0.494 e. The monoisotopic (exact) mass is 356 g/mol. The highest BCUT2D eigenvalue weighted by Gasteiger charge is 2.50. The number of methoxy groups -OCH3 is 1. The van der Waals surface area contributed by atoms with Crippen LogP contribution < -0.4 is 4.74 Å². The van der Waals surface area contributed by atoms with Crippen LogP contribution in [0, 0.1) is 11.2 Å². The van der Waals surface area contributed by atoms with E-state index in [1.54, 1.807) is 11.9 Å². The van der Waals surface area contributed by atoms with E-state index in [0.29, 0.717) is 19.4 Å². The summed E-state index contributed by atoms with van der Waals surface area (Å²) >= 11 is 0. The Morgan fingerprint density at radius 3 is 2.67 bits per heavy atom. The number of amides is 1. The Morgan fingerprint density at radius 1 is 1.25 bits per heavy atom. The first kappa shape index (κ1) is 17.2. The van der Waals surface area contributed by atoms with Crippen LogP contribution in [-0.2, 0) is 14.8 Å². The first-order chi connectivity index (χ1) is 11.3. The van der Waals surface area contributed by atoms with Crippen LogP contribution in [0.3, 0.4) is 0 Å². The predicted molar refractivity (Wildman–Crippen MR) is 85.6 cm³/mol. The average molecular weight is 356 g/mol. The smallest absolute Gasteiger partial charge is 0.243 e. The largest absolute Gasteiger partial charge is 0.494 e. The van der Waals surface area contributed by atoms with Crippen molar-refractivity contribution in [1.82, 2.24) is 9.21 Å². The number of halogens is 1. The number of nitrogens with zero attached hydrogens (tertiary/aromatic N) is 2. The second-order valence-corrected chi connectivity index (χ2v) is 8.43. The van der Waals surface area contributed by atoms with E-state index >= 15 is 0 Å². The summed E-state index contributed by atoms with van der Waals surface area (Å²) < 4.78 is 45.6. The van der Waals surface area contributed by atoms with Gasteiger partial charge >= 0.3 is 0 Å². The number of hydrogen-bond acceptors (Lipinski definition) is 4. The molecule has 0 bridgehead atoms. The minimum atomic E-state index is -3.84. The third kappa shape index (κ3) is 2.67. The molecule has 2 aliphatic rings. The molecule has 2 saturated heterocycles. The molecule has 1 amide bonds. The van der Waals surface area contributed by atoms with Crippen molar-refractivity contribution < 1.29 is 22.3 Å². The van der Waals surface area contributed by atoms with Gasteiger partial charge in [0.15, 0.2) is 11.6 Å². The maximum Gasteiger partial charge on any atom is 0.243 e. The normalized spacial score (nSPS) is 25.5. The van der Waals surface area contributed by atoms with E-state index in [2.05, 4.69) is 0 Å². The second kappa shape index (κ2) is 6.00. The highest BCUT2D eigenvalue weighted by Crippen LogP contribution is 2.41. The van der Waals surface area contributed by atoms with Crippen LogP contribution in [-0.4, -0.2) is 57.3 Å². The van der Waals surface area contributed by atoms with Gasteiger partial charge in [0.1, 0.15) is 0 Å². The number of carbonyl (C=O) groups is 1. The van der Waals surface area contributed by atoms with Crippen molar-refractivity contribution in [3.8, 4) is 5.75 Å². The topological polar surface area (TPSA) is 66.9 Å². The van der Waals surface area contributed by atoms with E-state index in [1.807, 2.05) is 0 Å². The Bertz CT molecular complexity index is 767. The molecular formula is C16H21FN2O4S. The Morgan fingerprint density at radius 2 is 2.00 bits per heavy atom. The molecule has 2 fully saturated rings. The van der Waals surface area contributed by atoms with Crippen LogP contribution in [0.5, 0.6) is 5.75 Å². The van der Waals surface area contributed by atoms with Gasteiger partial charge < -0.3 is 9.64 Å². The molecule has 2 aliphatic heterocycles. The van der Waals surface area contributed by atoms with Gasteiger partial charge in [-0.15, -0.1) is 0 Å². The fourth-order valence-electron chi connectivity index (χ4n) is 3.64. The predicted octanol–water partition coefficient (Wildman–Crippen LogP) is 1.47. The number of sulfonamides is 1. The minimum absolute atomic E-state index is 0.00377. The summed E-state index contributed by atoms with van der Waals surface area (Å²) in [5.74, 6) is -0.718. The Kier molecular flexibility index (Phi) is 4.29. The number of likely N-dealkylation sites (tertiary alicyclic amines) is 1. The Labute approximate surface area is 141 Å². The van der Waals surface area contributed by atoms with Crippen LogP contribution in [0.2, 0.25) is 0 Å². The van der Waals surface area contributed by atoms with Gasteiger partial charge in [-0.3, -0.25) is 4.79 Å².